The van der Waals surface area contributed by atoms with Gasteiger partial charge in [0.15, 0.2) is 0 Å². The highest BCUT2D eigenvalue weighted by Crippen LogP contribution is 2.19. The SMILES string of the molecule is Cl.O=C(CC1COCCN1)Nc1ccc(N2CCNC2=O)cc1. The number of carbonyl (C=O) groups is 2. The molecule has 0 bridgehead atoms. The molecular weight excluding hydrogens is 320 g/mol. The third kappa shape index (κ3) is 4.57. The Hall–Kier alpha value is -1.83. The summed E-state index contributed by atoms with van der Waals surface area (Å²) in [7, 11) is 0. The van der Waals surface area contributed by atoms with Crippen LogP contribution >= 0.6 is 12.4 Å². The molecule has 0 radical (unpaired) electrons. The third-order valence-corrected chi connectivity index (χ3v) is 3.75. The van der Waals surface area contributed by atoms with Gasteiger partial charge in [0.25, 0.3) is 0 Å². The highest BCUT2D eigenvalue weighted by Gasteiger charge is 2.21. The van der Waals surface area contributed by atoms with Crippen LogP contribution in [0.3, 0.4) is 0 Å². The molecule has 2 fully saturated rings. The van der Waals surface area contributed by atoms with E-state index in [0.29, 0.717) is 32.7 Å². The first-order valence-electron chi connectivity index (χ1n) is 7.49. The minimum atomic E-state index is -0.0832. The number of benzene rings is 1. The Balaban J connectivity index is 0.00000192. The van der Waals surface area contributed by atoms with Crippen molar-refractivity contribution in [2.24, 2.45) is 0 Å². The summed E-state index contributed by atoms with van der Waals surface area (Å²) in [6.45, 7) is 3.37. The summed E-state index contributed by atoms with van der Waals surface area (Å²) in [5.74, 6) is -0.0466. The summed E-state index contributed by atoms with van der Waals surface area (Å²) in [5, 5.41) is 8.87. The molecule has 0 saturated carbocycles. The maximum atomic E-state index is 12.0. The summed E-state index contributed by atoms with van der Waals surface area (Å²) in [6, 6.07) is 7.28. The van der Waals surface area contributed by atoms with E-state index in [1.165, 1.54) is 0 Å². The van der Waals surface area contributed by atoms with E-state index in [9.17, 15) is 9.59 Å². The average molecular weight is 341 g/mol. The molecular formula is C15H21ClN4O3. The number of halogens is 1. The molecule has 8 heteroatoms. The van der Waals surface area contributed by atoms with E-state index >= 15 is 0 Å². The molecule has 2 heterocycles. The van der Waals surface area contributed by atoms with Gasteiger partial charge in [0.1, 0.15) is 0 Å². The van der Waals surface area contributed by atoms with E-state index in [2.05, 4.69) is 16.0 Å². The Morgan fingerprint density at radius 1 is 1.30 bits per heavy atom. The number of anilines is 2. The number of carbonyl (C=O) groups excluding carboxylic acids is 2. The van der Waals surface area contributed by atoms with E-state index in [-0.39, 0.29) is 30.4 Å². The number of hydrogen-bond acceptors (Lipinski definition) is 4. The Morgan fingerprint density at radius 3 is 2.70 bits per heavy atom. The first kappa shape index (κ1) is 17.5. The lowest BCUT2D eigenvalue weighted by Gasteiger charge is -2.23. The lowest BCUT2D eigenvalue weighted by molar-refractivity contribution is -0.117. The number of urea groups is 1. The molecule has 126 valence electrons. The zero-order valence-electron chi connectivity index (χ0n) is 12.7. The van der Waals surface area contributed by atoms with Crippen LogP contribution in [0.2, 0.25) is 0 Å². The van der Waals surface area contributed by atoms with Gasteiger partial charge in [0.2, 0.25) is 5.91 Å². The van der Waals surface area contributed by atoms with E-state index in [0.717, 1.165) is 17.9 Å². The molecule has 1 aromatic carbocycles. The van der Waals surface area contributed by atoms with Crippen LogP contribution in [0.4, 0.5) is 16.2 Å². The van der Waals surface area contributed by atoms with Crippen molar-refractivity contribution < 1.29 is 14.3 Å². The smallest absolute Gasteiger partial charge is 0.321 e. The van der Waals surface area contributed by atoms with Gasteiger partial charge in [-0.25, -0.2) is 4.79 Å². The molecule has 3 amide bonds. The minimum absolute atomic E-state index is 0. The first-order valence-corrected chi connectivity index (χ1v) is 7.49. The van der Waals surface area contributed by atoms with Gasteiger partial charge >= 0.3 is 6.03 Å². The normalized spacial score (nSPS) is 20.6. The maximum absolute atomic E-state index is 12.0. The molecule has 1 atom stereocenters. The predicted molar refractivity (Wildman–Crippen MR) is 90.3 cm³/mol. The molecule has 0 spiro atoms. The second-order valence-corrected chi connectivity index (χ2v) is 5.41. The van der Waals surface area contributed by atoms with E-state index in [4.69, 9.17) is 4.74 Å². The Morgan fingerprint density at radius 2 is 2.09 bits per heavy atom. The van der Waals surface area contributed by atoms with Crippen molar-refractivity contribution in [2.75, 3.05) is 43.1 Å². The summed E-state index contributed by atoms with van der Waals surface area (Å²) in [6.07, 6.45) is 0.385. The number of ether oxygens (including phenoxy) is 1. The van der Waals surface area contributed by atoms with Gasteiger partial charge in [0.05, 0.1) is 13.2 Å². The average Bonchev–Trinajstić information content (AvgIpc) is 2.95. The lowest BCUT2D eigenvalue weighted by Crippen LogP contribution is -2.43. The highest BCUT2D eigenvalue weighted by atomic mass is 35.5. The molecule has 3 N–H and O–H groups in total. The van der Waals surface area contributed by atoms with E-state index in [1.807, 2.05) is 24.3 Å². The Labute approximate surface area is 141 Å². The number of hydrogen-bond donors (Lipinski definition) is 3. The van der Waals surface area contributed by atoms with Crippen molar-refractivity contribution in [3.8, 4) is 0 Å². The largest absolute Gasteiger partial charge is 0.378 e. The van der Waals surface area contributed by atoms with Gasteiger partial charge in [-0.3, -0.25) is 9.69 Å². The van der Waals surface area contributed by atoms with Crippen molar-refractivity contribution >= 4 is 35.7 Å². The fourth-order valence-corrected chi connectivity index (χ4v) is 2.63. The van der Waals surface area contributed by atoms with E-state index in [1.54, 1.807) is 4.90 Å². The van der Waals surface area contributed by atoms with Gasteiger partial charge in [-0.15, -0.1) is 12.4 Å². The maximum Gasteiger partial charge on any atom is 0.321 e. The Bertz CT molecular complexity index is 546. The van der Waals surface area contributed by atoms with Crippen LogP contribution in [0.1, 0.15) is 6.42 Å². The molecule has 0 aliphatic carbocycles. The predicted octanol–water partition coefficient (Wildman–Crippen LogP) is 0.955. The van der Waals surface area contributed by atoms with Crippen molar-refractivity contribution in [1.29, 1.82) is 0 Å². The second-order valence-electron chi connectivity index (χ2n) is 5.41. The highest BCUT2D eigenvalue weighted by molar-refractivity contribution is 5.95. The first-order chi connectivity index (χ1) is 10.7. The molecule has 1 aromatic rings. The summed E-state index contributed by atoms with van der Waals surface area (Å²) >= 11 is 0. The van der Waals surface area contributed by atoms with Crippen LogP contribution < -0.4 is 20.9 Å². The van der Waals surface area contributed by atoms with Gasteiger partial charge in [0, 0.05) is 43.5 Å². The zero-order valence-corrected chi connectivity index (χ0v) is 13.5. The molecule has 2 saturated heterocycles. The van der Waals surface area contributed by atoms with Gasteiger partial charge < -0.3 is 20.7 Å². The van der Waals surface area contributed by atoms with Crippen LogP contribution in [-0.2, 0) is 9.53 Å². The van der Waals surface area contributed by atoms with Gasteiger partial charge in [-0.05, 0) is 24.3 Å². The third-order valence-electron chi connectivity index (χ3n) is 3.75. The van der Waals surface area contributed by atoms with Crippen molar-refractivity contribution in [3.63, 3.8) is 0 Å². The summed E-state index contributed by atoms with van der Waals surface area (Å²) < 4.78 is 5.33. The van der Waals surface area contributed by atoms with Crippen LogP contribution in [-0.4, -0.2) is 50.8 Å². The number of rotatable bonds is 4. The van der Waals surface area contributed by atoms with Crippen LogP contribution in [0, 0.1) is 0 Å². The fourth-order valence-electron chi connectivity index (χ4n) is 2.63. The number of amides is 3. The monoisotopic (exact) mass is 340 g/mol. The minimum Gasteiger partial charge on any atom is -0.378 e. The number of morpholine rings is 1. The number of nitrogens with zero attached hydrogens (tertiary/aromatic N) is 1. The molecule has 3 rings (SSSR count). The molecule has 2 aliphatic rings. The van der Waals surface area contributed by atoms with Gasteiger partial charge in [-0.2, -0.15) is 0 Å². The van der Waals surface area contributed by atoms with Gasteiger partial charge in [-0.1, -0.05) is 0 Å². The standard InChI is InChI=1S/C15H20N4O3.ClH/c20-14(9-12-10-22-8-6-16-12)18-11-1-3-13(4-2-11)19-7-5-17-15(19)21;/h1-4,12,16H,5-10H2,(H,17,21)(H,18,20);1H. The molecule has 0 aromatic heterocycles. The molecule has 2 aliphatic heterocycles. The van der Waals surface area contributed by atoms with Crippen molar-refractivity contribution in [3.05, 3.63) is 24.3 Å². The van der Waals surface area contributed by atoms with Crippen LogP contribution in [0.15, 0.2) is 24.3 Å². The number of nitrogens with one attached hydrogen (secondary N) is 3. The molecule has 1 unspecified atom stereocenters. The van der Waals surface area contributed by atoms with Crippen LogP contribution in [0.5, 0.6) is 0 Å². The van der Waals surface area contributed by atoms with Crippen molar-refractivity contribution in [1.82, 2.24) is 10.6 Å². The summed E-state index contributed by atoms with van der Waals surface area (Å²) in [5.41, 5.74) is 1.56. The van der Waals surface area contributed by atoms with E-state index < -0.39 is 0 Å². The fraction of sp³-hybridized carbons (Fsp3) is 0.467. The summed E-state index contributed by atoms with van der Waals surface area (Å²) in [4.78, 5) is 25.3. The zero-order chi connectivity index (χ0) is 15.4. The quantitative estimate of drug-likeness (QED) is 0.762. The van der Waals surface area contributed by atoms with Crippen molar-refractivity contribution in [2.45, 2.75) is 12.5 Å². The molecule has 7 nitrogen and oxygen atoms in total. The Kier molecular flexibility index (Phi) is 6.20. The lowest BCUT2D eigenvalue weighted by atomic mass is 10.2. The topological polar surface area (TPSA) is 82.7 Å². The molecule has 23 heavy (non-hydrogen) atoms. The second kappa shape index (κ2) is 8.14. The van der Waals surface area contributed by atoms with Crippen LogP contribution in [0.25, 0.3) is 0 Å².